The number of hydrogen-bond donors (Lipinski definition) is 0. The van der Waals surface area contributed by atoms with E-state index in [-0.39, 0.29) is 0 Å². The van der Waals surface area contributed by atoms with Crippen LogP contribution in [-0.4, -0.2) is 0 Å². The third-order valence-corrected chi connectivity index (χ3v) is 13.2. The van der Waals surface area contributed by atoms with Gasteiger partial charge in [0.2, 0.25) is 0 Å². The third kappa shape index (κ3) is 7.65. The molecular formula is C61H41NS. The van der Waals surface area contributed by atoms with Crippen molar-refractivity contribution in [3.05, 3.63) is 259 Å². The van der Waals surface area contributed by atoms with E-state index < -0.39 is 0 Å². The molecule has 0 saturated carbocycles. The first-order chi connectivity index (χ1) is 31.0. The summed E-state index contributed by atoms with van der Waals surface area (Å²) in [5.74, 6) is 0. The average molecular weight is 820 g/mol. The molecule has 0 atom stereocenters. The second-order valence-electron chi connectivity index (χ2n) is 15.7. The molecule has 0 aliphatic carbocycles. The minimum absolute atomic E-state index is 0.665. The molecule has 1 nitrogen and oxygen atoms in total. The smallest absolute Gasteiger partial charge is 0.0991 e. The lowest BCUT2D eigenvalue weighted by Gasteiger charge is -2.17. The minimum atomic E-state index is 0.665. The molecule has 0 N–H and O–H groups in total. The lowest BCUT2D eigenvalue weighted by molar-refractivity contribution is 1.48. The summed E-state index contributed by atoms with van der Waals surface area (Å²) in [4.78, 5) is 0. The fraction of sp³-hybridized carbons (Fsp3) is 0.0164. The summed E-state index contributed by atoms with van der Waals surface area (Å²) in [7, 11) is 0. The maximum atomic E-state index is 9.21. The minimum Gasteiger partial charge on any atom is -0.192 e. The van der Waals surface area contributed by atoms with Crippen molar-refractivity contribution in [2.45, 2.75) is 6.92 Å². The number of allylic oxidation sites excluding steroid dienone is 4. The molecule has 2 heteroatoms. The molecule has 10 aromatic rings. The van der Waals surface area contributed by atoms with Gasteiger partial charge >= 0.3 is 0 Å². The Morgan fingerprint density at radius 3 is 1.60 bits per heavy atom. The van der Waals surface area contributed by atoms with Gasteiger partial charge in [-0.2, -0.15) is 5.26 Å². The zero-order valence-corrected chi connectivity index (χ0v) is 35.7. The van der Waals surface area contributed by atoms with Crippen LogP contribution in [0.15, 0.2) is 231 Å². The van der Waals surface area contributed by atoms with Crippen LogP contribution in [0.2, 0.25) is 0 Å². The van der Waals surface area contributed by atoms with Crippen molar-refractivity contribution in [1.29, 1.82) is 5.26 Å². The number of hydrogen-bond acceptors (Lipinski definition) is 2. The van der Waals surface area contributed by atoms with Crippen LogP contribution in [0.3, 0.4) is 0 Å². The Morgan fingerprint density at radius 2 is 0.984 bits per heavy atom. The van der Waals surface area contributed by atoms with Crippen LogP contribution in [-0.2, 0) is 0 Å². The standard InChI is InChI=1S/C61H41NS/c1-41(44-29-33-48(34-30-44)52-38-39-53(56-19-10-9-18-55(52)56)49-35-31-46(32-36-49)45-27-25-43(40-62)26-28-45)24-37-54(47-14-5-3-6-15-47)60(50-16-7-4-8-17-50)42(2)51-21-13-22-58-57-20-11-12-23-59(57)63-61(51)58/h3-23,25-39H,2H2,1H3/b60-54-. The van der Waals surface area contributed by atoms with Crippen molar-refractivity contribution >= 4 is 64.6 Å². The molecule has 63 heavy (non-hydrogen) atoms. The van der Waals surface area contributed by atoms with Crippen molar-refractivity contribution in [2.24, 2.45) is 0 Å². The summed E-state index contributed by atoms with van der Waals surface area (Å²) < 4.78 is 2.52. The van der Waals surface area contributed by atoms with Crippen molar-refractivity contribution in [3.63, 3.8) is 0 Å². The normalized spacial score (nSPS) is 11.5. The van der Waals surface area contributed by atoms with Crippen LogP contribution in [0.5, 0.6) is 0 Å². The lowest BCUT2D eigenvalue weighted by atomic mass is 9.86. The molecule has 10 rings (SSSR count). The van der Waals surface area contributed by atoms with Gasteiger partial charge in [0.15, 0.2) is 0 Å². The molecule has 296 valence electrons. The largest absolute Gasteiger partial charge is 0.192 e. The van der Waals surface area contributed by atoms with E-state index in [9.17, 15) is 5.26 Å². The molecule has 0 bridgehead atoms. The predicted octanol–water partition coefficient (Wildman–Crippen LogP) is 17.0. The van der Waals surface area contributed by atoms with Gasteiger partial charge in [0.05, 0.1) is 11.6 Å². The van der Waals surface area contributed by atoms with Crippen LogP contribution in [0.4, 0.5) is 0 Å². The molecule has 0 aliphatic rings. The maximum Gasteiger partial charge on any atom is 0.0991 e. The molecule has 0 fully saturated rings. The van der Waals surface area contributed by atoms with Gasteiger partial charge in [0, 0.05) is 20.2 Å². The summed E-state index contributed by atoms with van der Waals surface area (Å²) in [6.07, 6.45) is 2.15. The van der Waals surface area contributed by atoms with Gasteiger partial charge in [-0.1, -0.05) is 201 Å². The van der Waals surface area contributed by atoms with Gasteiger partial charge < -0.3 is 0 Å². The monoisotopic (exact) mass is 819 g/mol. The number of nitrogens with zero attached hydrogens (tertiary/aromatic N) is 1. The van der Waals surface area contributed by atoms with Crippen molar-refractivity contribution in [1.82, 2.24) is 0 Å². The number of rotatable bonds is 9. The van der Waals surface area contributed by atoms with Crippen LogP contribution >= 0.6 is 11.3 Å². The molecular weight excluding hydrogens is 779 g/mol. The Kier molecular flexibility index (Phi) is 10.6. The van der Waals surface area contributed by atoms with Gasteiger partial charge in [0.1, 0.15) is 0 Å². The summed E-state index contributed by atoms with van der Waals surface area (Å²) >= 11 is 1.83. The topological polar surface area (TPSA) is 23.8 Å². The van der Waals surface area contributed by atoms with E-state index >= 15 is 0 Å². The fourth-order valence-corrected chi connectivity index (χ4v) is 9.92. The van der Waals surface area contributed by atoms with Crippen LogP contribution in [0.25, 0.3) is 86.6 Å². The number of thiophene rings is 1. The molecule has 0 spiro atoms. The molecule has 0 unspecified atom stereocenters. The van der Waals surface area contributed by atoms with E-state index in [2.05, 4.69) is 213 Å². The lowest BCUT2D eigenvalue weighted by Crippen LogP contribution is -1.95. The Bertz CT molecular complexity index is 3460. The zero-order chi connectivity index (χ0) is 42.7. The van der Waals surface area contributed by atoms with E-state index in [0.29, 0.717) is 5.56 Å². The highest BCUT2D eigenvalue weighted by atomic mass is 32.1. The number of nitriles is 1. The van der Waals surface area contributed by atoms with Crippen molar-refractivity contribution in [2.75, 3.05) is 0 Å². The summed E-state index contributed by atoms with van der Waals surface area (Å²) in [6, 6.07) is 77.2. The maximum absolute atomic E-state index is 9.21. The van der Waals surface area contributed by atoms with Gasteiger partial charge in [-0.05, 0) is 120 Å². The van der Waals surface area contributed by atoms with Crippen LogP contribution in [0.1, 0.15) is 34.7 Å². The summed E-state index contributed by atoms with van der Waals surface area (Å²) in [5.41, 5.74) is 20.0. The first-order valence-corrected chi connectivity index (χ1v) is 22.0. The molecule has 0 aliphatic heterocycles. The third-order valence-electron chi connectivity index (χ3n) is 12.0. The van der Waals surface area contributed by atoms with E-state index in [1.54, 1.807) is 0 Å². The number of fused-ring (bicyclic) bond motifs is 4. The fourth-order valence-electron chi connectivity index (χ4n) is 8.68. The highest BCUT2D eigenvalue weighted by molar-refractivity contribution is 7.26. The second-order valence-corrected chi connectivity index (χ2v) is 16.8. The van der Waals surface area contributed by atoms with Gasteiger partial charge in [0.25, 0.3) is 0 Å². The molecule has 0 amide bonds. The first-order valence-electron chi connectivity index (χ1n) is 21.2. The predicted molar refractivity (Wildman–Crippen MR) is 270 cm³/mol. The molecule has 1 aromatic heterocycles. The highest BCUT2D eigenvalue weighted by Gasteiger charge is 2.19. The Hall–Kier alpha value is -8.05. The molecule has 0 radical (unpaired) electrons. The number of benzene rings is 9. The van der Waals surface area contributed by atoms with Gasteiger partial charge in [-0.25, -0.2) is 0 Å². The highest BCUT2D eigenvalue weighted by Crippen LogP contribution is 2.44. The Balaban J connectivity index is 1.02. The van der Waals surface area contributed by atoms with E-state index in [1.807, 2.05) is 35.6 Å². The Labute approximate surface area is 372 Å². The summed E-state index contributed by atoms with van der Waals surface area (Å²) in [6.45, 7) is 6.98. The van der Waals surface area contributed by atoms with E-state index in [4.69, 9.17) is 6.58 Å². The SMILES string of the molecule is C=C(/C(=C(\C=C=C(C)c1ccc(-c2ccc(-c3ccc(-c4ccc(C#N)cc4)cc3)c3ccccc23)cc1)c1ccccc1)c1ccccc1)c1cccc2c1sc1ccccc12. The van der Waals surface area contributed by atoms with E-state index in [1.165, 1.54) is 42.1 Å². The van der Waals surface area contributed by atoms with Crippen LogP contribution in [0, 0.1) is 11.3 Å². The van der Waals surface area contributed by atoms with Gasteiger partial charge in [-0.15, -0.1) is 17.1 Å². The Morgan fingerprint density at radius 1 is 0.476 bits per heavy atom. The van der Waals surface area contributed by atoms with Gasteiger partial charge in [-0.3, -0.25) is 0 Å². The first kappa shape index (κ1) is 39.1. The summed E-state index contributed by atoms with van der Waals surface area (Å²) in [5, 5.41) is 14.2. The van der Waals surface area contributed by atoms with Crippen LogP contribution < -0.4 is 0 Å². The zero-order valence-electron chi connectivity index (χ0n) is 34.8. The second kappa shape index (κ2) is 17.1. The average Bonchev–Trinajstić information content (AvgIpc) is 3.74. The molecule has 9 aromatic carbocycles. The van der Waals surface area contributed by atoms with Crippen molar-refractivity contribution < 1.29 is 0 Å². The van der Waals surface area contributed by atoms with Crippen molar-refractivity contribution in [3.8, 4) is 39.4 Å². The quantitative estimate of drug-likeness (QED) is 0.0808. The molecule has 0 saturated heterocycles. The van der Waals surface area contributed by atoms with E-state index in [0.717, 1.165) is 66.8 Å². The molecule has 1 heterocycles.